The Bertz CT molecular complexity index is 784. The summed E-state index contributed by atoms with van der Waals surface area (Å²) in [4.78, 5) is 36.4. The van der Waals surface area contributed by atoms with Crippen LogP contribution in [0.1, 0.15) is 17.5 Å². The zero-order valence-corrected chi connectivity index (χ0v) is 16.4. The van der Waals surface area contributed by atoms with Gasteiger partial charge in [-0.05, 0) is 17.5 Å². The topological polar surface area (TPSA) is 101 Å². The van der Waals surface area contributed by atoms with Gasteiger partial charge in [-0.1, -0.05) is 60.7 Å². The average Bonchev–Trinajstić information content (AvgIpc) is 2.71. The molecule has 0 radical (unpaired) electrons. The number of primary amides is 1. The lowest BCUT2D eigenvalue weighted by Gasteiger charge is -2.21. The lowest BCUT2D eigenvalue weighted by atomic mass is 10.1. The van der Waals surface area contributed by atoms with Gasteiger partial charge in [-0.15, -0.1) is 0 Å². The maximum atomic E-state index is 12.5. The summed E-state index contributed by atoms with van der Waals surface area (Å²) >= 11 is 4.15. The van der Waals surface area contributed by atoms with E-state index in [1.54, 1.807) is 0 Å². The zero-order valence-electron chi connectivity index (χ0n) is 15.5. The third-order valence-electron chi connectivity index (χ3n) is 4.26. The van der Waals surface area contributed by atoms with E-state index in [9.17, 15) is 14.4 Å². The number of hydrogen-bond acceptors (Lipinski definition) is 4. The highest BCUT2D eigenvalue weighted by atomic mass is 32.1. The van der Waals surface area contributed by atoms with Crippen LogP contribution in [0.2, 0.25) is 0 Å². The number of benzene rings is 2. The van der Waals surface area contributed by atoms with Crippen LogP contribution in [0, 0.1) is 0 Å². The molecule has 0 aliphatic heterocycles. The van der Waals surface area contributed by atoms with Gasteiger partial charge in [0.2, 0.25) is 17.7 Å². The number of rotatable bonds is 10. The largest absolute Gasteiger partial charge is 0.368 e. The minimum absolute atomic E-state index is 0.111. The normalized spacial score (nSPS) is 12.6. The van der Waals surface area contributed by atoms with E-state index in [1.165, 1.54) is 0 Å². The molecule has 0 aliphatic carbocycles. The van der Waals surface area contributed by atoms with Gasteiger partial charge in [0, 0.05) is 18.6 Å². The van der Waals surface area contributed by atoms with Crippen molar-refractivity contribution in [1.29, 1.82) is 0 Å². The number of carbonyl (C=O) groups is 3. The van der Waals surface area contributed by atoms with Crippen molar-refractivity contribution in [3.63, 3.8) is 0 Å². The molecule has 6 nitrogen and oxygen atoms in total. The molecule has 2 aromatic rings. The van der Waals surface area contributed by atoms with E-state index in [-0.39, 0.29) is 24.5 Å². The van der Waals surface area contributed by atoms with E-state index in [4.69, 9.17) is 5.73 Å². The van der Waals surface area contributed by atoms with Crippen LogP contribution in [-0.4, -0.2) is 35.6 Å². The summed E-state index contributed by atoms with van der Waals surface area (Å²) in [6.07, 6.45) is 1.11. The van der Waals surface area contributed by atoms with Crippen LogP contribution < -0.4 is 16.4 Å². The molecule has 0 aliphatic rings. The number of aryl methyl sites for hydroxylation is 1. The Balaban J connectivity index is 1.89. The van der Waals surface area contributed by atoms with Crippen LogP contribution in [0.5, 0.6) is 0 Å². The molecule has 3 amide bonds. The van der Waals surface area contributed by atoms with Gasteiger partial charge in [0.1, 0.15) is 12.1 Å². The standard InChI is InChI=1S/C21H25N3O3S/c22-20(26)17(13-16-9-5-2-6-10-16)24-21(27)18(14-28)23-19(25)12-11-15-7-3-1-4-8-15/h1-10,17-18,28H,11-14H2,(H2,22,26)(H,23,25)(H,24,27)/t17-,18-/m0/s1. The molecule has 2 rings (SSSR count). The van der Waals surface area contributed by atoms with Crippen LogP contribution in [0.3, 0.4) is 0 Å². The molecule has 148 valence electrons. The second-order valence-electron chi connectivity index (χ2n) is 6.44. The number of carbonyl (C=O) groups excluding carboxylic acids is 3. The van der Waals surface area contributed by atoms with Crippen molar-refractivity contribution >= 4 is 30.4 Å². The molecule has 2 aromatic carbocycles. The highest BCUT2D eigenvalue weighted by molar-refractivity contribution is 7.80. The van der Waals surface area contributed by atoms with Crippen molar-refractivity contribution in [3.05, 3.63) is 71.8 Å². The van der Waals surface area contributed by atoms with E-state index in [1.807, 2.05) is 60.7 Å². The third-order valence-corrected chi connectivity index (χ3v) is 4.63. The predicted molar refractivity (Wildman–Crippen MR) is 112 cm³/mol. The van der Waals surface area contributed by atoms with Crippen LogP contribution in [0.25, 0.3) is 0 Å². The van der Waals surface area contributed by atoms with Gasteiger partial charge in [0.05, 0.1) is 0 Å². The molecule has 0 spiro atoms. The average molecular weight is 400 g/mol. The zero-order chi connectivity index (χ0) is 20.4. The third kappa shape index (κ3) is 7.08. The van der Waals surface area contributed by atoms with Crippen molar-refractivity contribution in [3.8, 4) is 0 Å². The van der Waals surface area contributed by atoms with Gasteiger partial charge in [0.15, 0.2) is 0 Å². The summed E-state index contributed by atoms with van der Waals surface area (Å²) < 4.78 is 0. The van der Waals surface area contributed by atoms with Crippen LogP contribution in [0.4, 0.5) is 0 Å². The highest BCUT2D eigenvalue weighted by Crippen LogP contribution is 2.05. The molecular weight excluding hydrogens is 374 g/mol. The molecule has 28 heavy (non-hydrogen) atoms. The number of nitrogens with one attached hydrogen (secondary N) is 2. The van der Waals surface area contributed by atoms with Crippen molar-refractivity contribution in [1.82, 2.24) is 10.6 Å². The van der Waals surface area contributed by atoms with Gasteiger partial charge in [-0.25, -0.2) is 0 Å². The van der Waals surface area contributed by atoms with Crippen molar-refractivity contribution < 1.29 is 14.4 Å². The summed E-state index contributed by atoms with van der Waals surface area (Å²) in [7, 11) is 0. The quantitative estimate of drug-likeness (QED) is 0.452. The molecule has 0 aromatic heterocycles. The Morgan fingerprint density at radius 1 is 0.857 bits per heavy atom. The molecule has 2 atom stereocenters. The van der Waals surface area contributed by atoms with Crippen molar-refractivity contribution in [2.45, 2.75) is 31.3 Å². The predicted octanol–water partition coefficient (Wildman–Crippen LogP) is 1.25. The first-order chi connectivity index (χ1) is 13.5. The monoisotopic (exact) mass is 399 g/mol. The Morgan fingerprint density at radius 2 is 1.43 bits per heavy atom. The molecule has 0 saturated carbocycles. The van der Waals surface area contributed by atoms with E-state index in [2.05, 4.69) is 23.3 Å². The minimum atomic E-state index is -0.862. The summed E-state index contributed by atoms with van der Waals surface area (Å²) in [5, 5.41) is 5.28. The fourth-order valence-corrected chi connectivity index (χ4v) is 2.97. The summed E-state index contributed by atoms with van der Waals surface area (Å²) in [5.41, 5.74) is 7.35. The molecule has 7 heteroatoms. The molecule has 4 N–H and O–H groups in total. The Labute approximate surface area is 170 Å². The minimum Gasteiger partial charge on any atom is -0.368 e. The van der Waals surface area contributed by atoms with Crippen LogP contribution >= 0.6 is 12.6 Å². The fourth-order valence-electron chi connectivity index (χ4n) is 2.71. The smallest absolute Gasteiger partial charge is 0.244 e. The second kappa shape index (κ2) is 11.1. The molecule has 0 heterocycles. The maximum Gasteiger partial charge on any atom is 0.244 e. The van der Waals surface area contributed by atoms with Crippen molar-refractivity contribution in [2.75, 3.05) is 5.75 Å². The Morgan fingerprint density at radius 3 is 1.96 bits per heavy atom. The lowest BCUT2D eigenvalue weighted by molar-refractivity contribution is -0.130. The first-order valence-electron chi connectivity index (χ1n) is 9.07. The number of thiol groups is 1. The molecular formula is C21H25N3O3S. The SMILES string of the molecule is NC(=O)[C@H](Cc1ccccc1)NC(=O)[C@H](CS)NC(=O)CCc1ccccc1. The van der Waals surface area contributed by atoms with Gasteiger partial charge < -0.3 is 16.4 Å². The van der Waals surface area contributed by atoms with E-state index in [0.717, 1.165) is 11.1 Å². The van der Waals surface area contributed by atoms with E-state index < -0.39 is 23.9 Å². The van der Waals surface area contributed by atoms with E-state index in [0.29, 0.717) is 6.42 Å². The first kappa shape index (κ1) is 21.5. The van der Waals surface area contributed by atoms with Crippen LogP contribution in [-0.2, 0) is 27.2 Å². The molecule has 0 bridgehead atoms. The van der Waals surface area contributed by atoms with E-state index >= 15 is 0 Å². The Kier molecular flexibility index (Phi) is 8.55. The van der Waals surface area contributed by atoms with Gasteiger partial charge >= 0.3 is 0 Å². The number of amides is 3. The summed E-state index contributed by atoms with van der Waals surface area (Å²) in [6.45, 7) is 0. The van der Waals surface area contributed by atoms with Crippen molar-refractivity contribution in [2.24, 2.45) is 5.73 Å². The fraction of sp³-hybridized carbons (Fsp3) is 0.286. The second-order valence-corrected chi connectivity index (χ2v) is 6.81. The molecule has 0 saturated heterocycles. The molecule has 0 fully saturated rings. The highest BCUT2D eigenvalue weighted by Gasteiger charge is 2.24. The Hall–Kier alpha value is -2.80. The summed E-state index contributed by atoms with van der Waals surface area (Å²) in [5.74, 6) is -1.26. The van der Waals surface area contributed by atoms with Gasteiger partial charge in [-0.2, -0.15) is 12.6 Å². The first-order valence-corrected chi connectivity index (χ1v) is 9.70. The van der Waals surface area contributed by atoms with Crippen LogP contribution in [0.15, 0.2) is 60.7 Å². The number of nitrogens with two attached hydrogens (primary N) is 1. The van der Waals surface area contributed by atoms with Gasteiger partial charge in [-0.3, -0.25) is 14.4 Å². The number of hydrogen-bond donors (Lipinski definition) is 4. The molecule has 0 unspecified atom stereocenters. The van der Waals surface area contributed by atoms with Gasteiger partial charge in [0.25, 0.3) is 0 Å². The summed E-state index contributed by atoms with van der Waals surface area (Å²) in [6, 6.07) is 17.2. The lowest BCUT2D eigenvalue weighted by Crippen LogP contribution is -2.54. The maximum absolute atomic E-state index is 12.5.